The normalized spacial score (nSPS) is 15.7. The third kappa shape index (κ3) is 3.75. The number of ether oxygens (including phenoxy) is 1. The molecule has 1 N–H and O–H groups in total. The number of para-hydroxylation sites is 1. The van der Waals surface area contributed by atoms with Gasteiger partial charge < -0.3 is 9.72 Å². The Morgan fingerprint density at radius 3 is 2.69 bits per heavy atom. The van der Waals surface area contributed by atoms with E-state index in [9.17, 15) is 9.59 Å². The van der Waals surface area contributed by atoms with Gasteiger partial charge in [-0.05, 0) is 30.5 Å². The Balaban J connectivity index is 1.64. The molecule has 0 fully saturated rings. The Hall–Kier alpha value is -4.01. The first kappa shape index (κ1) is 22.5. The van der Waals surface area contributed by atoms with Gasteiger partial charge in [0.15, 0.2) is 4.80 Å². The van der Waals surface area contributed by atoms with Crippen LogP contribution < -0.4 is 14.9 Å². The summed E-state index contributed by atoms with van der Waals surface area (Å²) in [6, 6.07) is 20.8. The minimum absolute atomic E-state index is 0.184. The molecule has 5 aromatic rings. The van der Waals surface area contributed by atoms with Crippen molar-refractivity contribution in [3.63, 3.8) is 0 Å². The highest BCUT2D eigenvalue weighted by atomic mass is 32.1. The molecule has 0 bridgehead atoms. The first-order valence-electron chi connectivity index (χ1n) is 11.5. The Labute approximate surface area is 214 Å². The van der Waals surface area contributed by atoms with Crippen molar-refractivity contribution in [2.24, 2.45) is 4.99 Å². The van der Waals surface area contributed by atoms with E-state index in [1.807, 2.05) is 84.4 Å². The summed E-state index contributed by atoms with van der Waals surface area (Å²) in [7, 11) is 0. The van der Waals surface area contributed by atoms with E-state index >= 15 is 0 Å². The largest absolute Gasteiger partial charge is 0.463 e. The fourth-order valence-electron chi connectivity index (χ4n) is 4.51. The summed E-state index contributed by atoms with van der Waals surface area (Å²) in [5.41, 5.74) is 3.46. The molecule has 6 rings (SSSR count). The number of carbonyl (C=O) groups excluding carboxylic acids is 1. The van der Waals surface area contributed by atoms with Crippen LogP contribution in [0.4, 0.5) is 0 Å². The van der Waals surface area contributed by atoms with Crippen LogP contribution in [0, 0.1) is 0 Å². The van der Waals surface area contributed by atoms with Gasteiger partial charge in [0.05, 0.1) is 22.4 Å². The number of fused-ring (bicyclic) bond motifs is 2. The van der Waals surface area contributed by atoms with E-state index in [1.165, 1.54) is 22.7 Å². The van der Waals surface area contributed by atoms with Gasteiger partial charge in [0.25, 0.3) is 5.56 Å². The molecular formula is C28H21N3O3S2. The molecule has 0 saturated heterocycles. The molecule has 0 saturated carbocycles. The minimum Gasteiger partial charge on any atom is -0.463 e. The van der Waals surface area contributed by atoms with Gasteiger partial charge in [0, 0.05) is 33.1 Å². The molecule has 1 atom stereocenters. The van der Waals surface area contributed by atoms with Crippen molar-refractivity contribution in [2.45, 2.75) is 13.0 Å². The minimum atomic E-state index is -0.624. The van der Waals surface area contributed by atoms with E-state index in [1.54, 1.807) is 11.5 Å². The molecule has 0 aliphatic carbocycles. The zero-order valence-corrected chi connectivity index (χ0v) is 20.9. The number of rotatable bonds is 5. The van der Waals surface area contributed by atoms with Gasteiger partial charge in [0.2, 0.25) is 0 Å². The quantitative estimate of drug-likeness (QED) is 0.354. The highest BCUT2D eigenvalue weighted by Gasteiger charge is 2.35. The summed E-state index contributed by atoms with van der Waals surface area (Å²) in [6.45, 7) is 2.00. The van der Waals surface area contributed by atoms with Crippen LogP contribution in [0.15, 0.2) is 93.7 Å². The maximum absolute atomic E-state index is 13.9. The zero-order chi connectivity index (χ0) is 24.6. The standard InChI is InChI=1S/C28H21N3O3S2/c1-2-34-27(33)23-24(17-9-4-3-5-10-17)30-28-31(25(23)21-13-8-14-35-21)26(32)22(36-28)15-18-16-29-20-12-7-6-11-19(18)20/h3-16,25,29H,2H2,1H3/b22-15+. The Bertz CT molecular complexity index is 1790. The van der Waals surface area contributed by atoms with Crippen LogP contribution in [-0.2, 0) is 9.53 Å². The first-order chi connectivity index (χ1) is 17.7. The number of esters is 1. The van der Waals surface area contributed by atoms with Crippen LogP contribution in [0.3, 0.4) is 0 Å². The molecular weight excluding hydrogens is 490 g/mol. The van der Waals surface area contributed by atoms with Crippen molar-refractivity contribution in [1.29, 1.82) is 0 Å². The highest BCUT2D eigenvalue weighted by Crippen LogP contribution is 2.36. The topological polar surface area (TPSA) is 76.4 Å². The zero-order valence-electron chi connectivity index (χ0n) is 19.3. The van der Waals surface area contributed by atoms with Gasteiger partial charge in [-0.3, -0.25) is 9.36 Å². The first-order valence-corrected chi connectivity index (χ1v) is 13.2. The number of H-pyrrole nitrogens is 1. The number of thiophene rings is 1. The number of carbonyl (C=O) groups is 1. The maximum atomic E-state index is 13.9. The van der Waals surface area contributed by atoms with Crippen molar-refractivity contribution in [3.8, 4) is 0 Å². The molecule has 0 amide bonds. The number of hydrogen-bond acceptors (Lipinski definition) is 6. The Morgan fingerprint density at radius 1 is 1.11 bits per heavy atom. The number of aromatic nitrogens is 2. The molecule has 0 spiro atoms. The molecule has 178 valence electrons. The van der Waals surface area contributed by atoms with E-state index < -0.39 is 12.0 Å². The van der Waals surface area contributed by atoms with Gasteiger partial charge in [-0.25, -0.2) is 9.79 Å². The lowest BCUT2D eigenvalue weighted by Gasteiger charge is -2.24. The van der Waals surface area contributed by atoms with E-state index in [0.29, 0.717) is 20.6 Å². The molecule has 1 unspecified atom stereocenters. The van der Waals surface area contributed by atoms with Gasteiger partial charge >= 0.3 is 5.97 Å². The molecule has 4 heterocycles. The summed E-state index contributed by atoms with van der Waals surface area (Å²) >= 11 is 2.83. The van der Waals surface area contributed by atoms with Crippen LogP contribution >= 0.6 is 22.7 Å². The molecule has 1 aliphatic rings. The Morgan fingerprint density at radius 2 is 1.92 bits per heavy atom. The van der Waals surface area contributed by atoms with Crippen LogP contribution in [0.5, 0.6) is 0 Å². The molecule has 3 aromatic heterocycles. The molecule has 2 aromatic carbocycles. The third-order valence-corrected chi connectivity index (χ3v) is 8.00. The highest BCUT2D eigenvalue weighted by molar-refractivity contribution is 7.10. The summed E-state index contributed by atoms with van der Waals surface area (Å²) in [6.07, 6.45) is 3.80. The monoisotopic (exact) mass is 511 g/mol. The second-order valence-electron chi connectivity index (χ2n) is 8.24. The van der Waals surface area contributed by atoms with E-state index in [4.69, 9.17) is 9.73 Å². The average Bonchev–Trinajstić information content (AvgIpc) is 3.64. The lowest BCUT2D eigenvalue weighted by molar-refractivity contribution is -0.138. The molecule has 36 heavy (non-hydrogen) atoms. The van der Waals surface area contributed by atoms with E-state index in [-0.39, 0.29) is 12.2 Å². The summed E-state index contributed by atoms with van der Waals surface area (Å²) < 4.78 is 7.67. The predicted molar refractivity (Wildman–Crippen MR) is 144 cm³/mol. The van der Waals surface area contributed by atoms with Crippen LogP contribution in [0.2, 0.25) is 0 Å². The predicted octanol–water partition coefficient (Wildman–Crippen LogP) is 4.48. The number of nitrogens with one attached hydrogen (secondary N) is 1. The lowest BCUT2D eigenvalue weighted by Crippen LogP contribution is -2.39. The fourth-order valence-corrected chi connectivity index (χ4v) is 6.33. The number of hydrogen-bond donors (Lipinski definition) is 1. The van der Waals surface area contributed by atoms with Crippen molar-refractivity contribution in [1.82, 2.24) is 9.55 Å². The molecule has 1 aliphatic heterocycles. The van der Waals surface area contributed by atoms with Crippen molar-refractivity contribution in [2.75, 3.05) is 6.61 Å². The average molecular weight is 512 g/mol. The van der Waals surface area contributed by atoms with Gasteiger partial charge in [-0.1, -0.05) is 65.9 Å². The van der Waals surface area contributed by atoms with Crippen molar-refractivity contribution < 1.29 is 9.53 Å². The van der Waals surface area contributed by atoms with Crippen LogP contribution in [0.1, 0.15) is 29.0 Å². The summed E-state index contributed by atoms with van der Waals surface area (Å²) in [4.78, 5) is 36.8. The van der Waals surface area contributed by atoms with Crippen LogP contribution in [0.25, 0.3) is 22.7 Å². The second kappa shape index (κ2) is 9.22. The number of benzene rings is 2. The number of nitrogens with zero attached hydrogens (tertiary/aromatic N) is 2. The van der Waals surface area contributed by atoms with Gasteiger partial charge in [-0.2, -0.15) is 0 Å². The van der Waals surface area contributed by atoms with Gasteiger partial charge in [-0.15, -0.1) is 11.3 Å². The SMILES string of the molecule is CCOC(=O)C1=C(c2ccccc2)N=c2s/c(=C/c3c[nH]c4ccccc34)c(=O)n2C1c1cccs1. The third-order valence-electron chi connectivity index (χ3n) is 6.09. The summed E-state index contributed by atoms with van der Waals surface area (Å²) in [5, 5.41) is 2.98. The lowest BCUT2D eigenvalue weighted by atomic mass is 9.97. The van der Waals surface area contributed by atoms with E-state index in [0.717, 1.165) is 26.9 Å². The molecule has 0 radical (unpaired) electrons. The maximum Gasteiger partial charge on any atom is 0.338 e. The van der Waals surface area contributed by atoms with Crippen molar-refractivity contribution >= 4 is 51.3 Å². The summed E-state index contributed by atoms with van der Waals surface area (Å²) in [5.74, 6) is -0.468. The van der Waals surface area contributed by atoms with Gasteiger partial charge in [0.1, 0.15) is 6.04 Å². The Kier molecular flexibility index (Phi) is 5.75. The van der Waals surface area contributed by atoms with Crippen molar-refractivity contribution in [3.05, 3.63) is 120 Å². The molecule has 6 nitrogen and oxygen atoms in total. The second-order valence-corrected chi connectivity index (χ2v) is 10.2. The smallest absolute Gasteiger partial charge is 0.338 e. The fraction of sp³-hybridized carbons (Fsp3) is 0.107. The number of aromatic amines is 1. The number of thiazole rings is 1. The van der Waals surface area contributed by atoms with E-state index in [2.05, 4.69) is 4.98 Å². The molecule has 8 heteroatoms. The van der Waals surface area contributed by atoms with Crippen LogP contribution in [-0.4, -0.2) is 22.1 Å².